The number of terminal acetylenes is 1. The van der Waals surface area contributed by atoms with Crippen LogP contribution in [0.5, 0.6) is 0 Å². The summed E-state index contributed by atoms with van der Waals surface area (Å²) in [7, 11) is 0. The van der Waals surface area contributed by atoms with Crippen LogP contribution < -0.4 is 0 Å². The van der Waals surface area contributed by atoms with Gasteiger partial charge in [-0.25, -0.2) is 0 Å². The van der Waals surface area contributed by atoms with Gasteiger partial charge in [0, 0.05) is 12.8 Å². The molecule has 0 aromatic heterocycles. The first-order valence-corrected chi connectivity index (χ1v) is 5.28. The number of hydrogen-bond acceptors (Lipinski definition) is 2. The van der Waals surface area contributed by atoms with Gasteiger partial charge in [-0.1, -0.05) is 13.8 Å². The number of rotatable bonds is 6. The summed E-state index contributed by atoms with van der Waals surface area (Å²) in [4.78, 5) is 11.1. The molecule has 0 atom stereocenters. The minimum atomic E-state index is 0.323. The van der Waals surface area contributed by atoms with Crippen molar-refractivity contribution in [2.24, 2.45) is 0 Å². The highest BCUT2D eigenvalue weighted by molar-refractivity contribution is 8.00. The Morgan fingerprint density at radius 2 is 2.25 bits per heavy atom. The molecule has 0 rings (SSSR count). The quantitative estimate of drug-likeness (QED) is 0.466. The number of hydrogen-bond donors (Lipinski definition) is 0. The lowest BCUT2D eigenvalue weighted by Crippen LogP contribution is -2.03. The van der Waals surface area contributed by atoms with Crippen molar-refractivity contribution < 1.29 is 4.79 Å². The third-order valence-corrected chi connectivity index (χ3v) is 2.51. The lowest BCUT2D eigenvalue weighted by molar-refractivity contribution is -0.116. The summed E-state index contributed by atoms with van der Waals surface area (Å²) >= 11 is 1.70. The highest BCUT2D eigenvalue weighted by atomic mass is 32.2. The van der Waals surface area contributed by atoms with E-state index in [2.05, 4.69) is 19.8 Å². The van der Waals surface area contributed by atoms with Crippen LogP contribution in [-0.4, -0.2) is 16.8 Å². The molecule has 0 aromatic rings. The molecule has 0 spiro atoms. The standard InChI is InChI=1S/C10H16OS/c1-4-5-6-7-10(11)8-12-9(2)3/h1,9H,5-8H2,2-3H3. The van der Waals surface area contributed by atoms with Crippen molar-refractivity contribution in [3.8, 4) is 12.3 Å². The Bertz CT molecular complexity index is 167. The lowest BCUT2D eigenvalue weighted by atomic mass is 10.2. The van der Waals surface area contributed by atoms with Crippen molar-refractivity contribution in [3.05, 3.63) is 0 Å². The number of carbonyl (C=O) groups is 1. The molecule has 0 N–H and O–H groups in total. The molecule has 1 nitrogen and oxygen atoms in total. The maximum Gasteiger partial charge on any atom is 0.142 e. The van der Waals surface area contributed by atoms with Crippen LogP contribution in [0, 0.1) is 12.3 Å². The number of ketones is 1. The summed E-state index contributed by atoms with van der Waals surface area (Å²) in [5.41, 5.74) is 0. The summed E-state index contributed by atoms with van der Waals surface area (Å²) < 4.78 is 0. The third-order valence-electron chi connectivity index (χ3n) is 1.35. The van der Waals surface area contributed by atoms with Gasteiger partial charge in [-0.3, -0.25) is 4.79 Å². The van der Waals surface area contributed by atoms with E-state index in [1.54, 1.807) is 11.8 Å². The predicted molar refractivity (Wildman–Crippen MR) is 55.3 cm³/mol. The van der Waals surface area contributed by atoms with Crippen LogP contribution in [0.1, 0.15) is 33.1 Å². The van der Waals surface area contributed by atoms with Crippen LogP contribution in [0.15, 0.2) is 0 Å². The van der Waals surface area contributed by atoms with Crippen molar-refractivity contribution in [2.45, 2.75) is 38.4 Å². The second-order valence-electron chi connectivity index (χ2n) is 2.96. The molecule has 2 heteroatoms. The second-order valence-corrected chi connectivity index (χ2v) is 4.52. The van der Waals surface area contributed by atoms with Gasteiger partial charge >= 0.3 is 0 Å². The van der Waals surface area contributed by atoms with Crippen molar-refractivity contribution in [1.82, 2.24) is 0 Å². The second kappa shape index (κ2) is 7.24. The zero-order valence-corrected chi connectivity index (χ0v) is 8.62. The van der Waals surface area contributed by atoms with Crippen LogP contribution in [0.2, 0.25) is 0 Å². The fourth-order valence-corrected chi connectivity index (χ4v) is 1.38. The van der Waals surface area contributed by atoms with E-state index in [0.29, 0.717) is 23.2 Å². The zero-order chi connectivity index (χ0) is 9.40. The zero-order valence-electron chi connectivity index (χ0n) is 7.80. The van der Waals surface area contributed by atoms with Gasteiger partial charge in [0.15, 0.2) is 0 Å². The molecule has 12 heavy (non-hydrogen) atoms. The number of thioether (sulfide) groups is 1. The Balaban J connectivity index is 3.29. The van der Waals surface area contributed by atoms with Crippen molar-refractivity contribution >= 4 is 17.5 Å². The largest absolute Gasteiger partial charge is 0.299 e. The van der Waals surface area contributed by atoms with Gasteiger partial charge in [0.2, 0.25) is 0 Å². The third kappa shape index (κ3) is 7.68. The SMILES string of the molecule is C#CCCCC(=O)CSC(C)C. The van der Waals surface area contributed by atoms with E-state index >= 15 is 0 Å². The predicted octanol–water partition coefficient (Wildman–Crippen LogP) is 2.50. The number of Topliss-reactive ketones (excluding diaryl/α,β-unsaturated/α-hetero) is 1. The number of unbranched alkanes of at least 4 members (excludes halogenated alkanes) is 1. The first-order chi connectivity index (χ1) is 5.66. The molecular formula is C10H16OS. The van der Waals surface area contributed by atoms with Gasteiger partial charge in [0.1, 0.15) is 5.78 Å². The Morgan fingerprint density at radius 3 is 2.75 bits per heavy atom. The highest BCUT2D eigenvalue weighted by Gasteiger charge is 2.02. The van der Waals surface area contributed by atoms with E-state index < -0.39 is 0 Å². The van der Waals surface area contributed by atoms with Gasteiger partial charge in [-0.15, -0.1) is 12.3 Å². The maximum absolute atomic E-state index is 11.1. The average molecular weight is 184 g/mol. The molecule has 0 aliphatic heterocycles. The van der Waals surface area contributed by atoms with Crippen molar-refractivity contribution in [1.29, 1.82) is 0 Å². The molecule has 0 saturated heterocycles. The summed E-state index contributed by atoms with van der Waals surface area (Å²) in [6, 6.07) is 0. The van der Waals surface area contributed by atoms with Crippen LogP contribution in [0.25, 0.3) is 0 Å². The van der Waals surface area contributed by atoms with Crippen LogP contribution in [0.4, 0.5) is 0 Å². The molecule has 0 aliphatic carbocycles. The number of carbonyl (C=O) groups excluding carboxylic acids is 1. The highest BCUT2D eigenvalue weighted by Crippen LogP contribution is 2.10. The minimum Gasteiger partial charge on any atom is -0.299 e. The van der Waals surface area contributed by atoms with Crippen molar-refractivity contribution in [2.75, 3.05) is 5.75 Å². The van der Waals surface area contributed by atoms with Gasteiger partial charge in [-0.05, 0) is 11.7 Å². The Kier molecular flexibility index (Phi) is 6.99. The molecule has 0 fully saturated rings. The minimum absolute atomic E-state index is 0.323. The van der Waals surface area contributed by atoms with Crippen LogP contribution in [-0.2, 0) is 4.79 Å². The summed E-state index contributed by atoms with van der Waals surface area (Å²) in [5, 5.41) is 0.543. The van der Waals surface area contributed by atoms with Gasteiger partial charge in [0.25, 0.3) is 0 Å². The summed E-state index contributed by atoms with van der Waals surface area (Å²) in [6.45, 7) is 4.19. The molecule has 0 saturated carbocycles. The lowest BCUT2D eigenvalue weighted by Gasteiger charge is -2.02. The Labute approximate surface area is 79.3 Å². The average Bonchev–Trinajstić information content (AvgIpc) is 2.01. The first-order valence-electron chi connectivity index (χ1n) is 4.23. The molecule has 0 aliphatic rings. The Morgan fingerprint density at radius 1 is 1.58 bits per heavy atom. The molecule has 0 aromatic carbocycles. The summed E-state index contributed by atoms with van der Waals surface area (Å²) in [6.07, 6.45) is 7.27. The van der Waals surface area contributed by atoms with E-state index in [4.69, 9.17) is 6.42 Å². The molecule has 0 amide bonds. The van der Waals surface area contributed by atoms with E-state index in [0.717, 1.165) is 12.8 Å². The van der Waals surface area contributed by atoms with Crippen LogP contribution in [0.3, 0.4) is 0 Å². The van der Waals surface area contributed by atoms with Gasteiger partial charge in [-0.2, -0.15) is 11.8 Å². The van der Waals surface area contributed by atoms with Gasteiger partial charge in [0.05, 0.1) is 5.75 Å². The monoisotopic (exact) mass is 184 g/mol. The van der Waals surface area contributed by atoms with Gasteiger partial charge < -0.3 is 0 Å². The normalized spacial score (nSPS) is 9.83. The molecule has 0 bridgehead atoms. The smallest absolute Gasteiger partial charge is 0.142 e. The topological polar surface area (TPSA) is 17.1 Å². The van der Waals surface area contributed by atoms with Crippen LogP contribution >= 0.6 is 11.8 Å². The Hall–Kier alpha value is -0.420. The van der Waals surface area contributed by atoms with E-state index in [1.165, 1.54) is 0 Å². The van der Waals surface area contributed by atoms with E-state index in [9.17, 15) is 4.79 Å². The van der Waals surface area contributed by atoms with E-state index in [-0.39, 0.29) is 0 Å². The van der Waals surface area contributed by atoms with Crippen molar-refractivity contribution in [3.63, 3.8) is 0 Å². The molecule has 68 valence electrons. The van der Waals surface area contributed by atoms with E-state index in [1.807, 2.05) is 0 Å². The molecular weight excluding hydrogens is 168 g/mol. The summed E-state index contributed by atoms with van der Waals surface area (Å²) in [5.74, 6) is 3.49. The fraction of sp³-hybridized carbons (Fsp3) is 0.700. The molecule has 0 unspecified atom stereocenters. The maximum atomic E-state index is 11.1. The first kappa shape index (κ1) is 11.6. The molecule has 0 radical (unpaired) electrons. The molecule has 0 heterocycles. The fourth-order valence-electron chi connectivity index (χ4n) is 0.719.